The second-order valence-electron chi connectivity index (χ2n) is 6.59. The van der Waals surface area contributed by atoms with Crippen LogP contribution in [0.1, 0.15) is 17.3 Å². The Morgan fingerprint density at radius 2 is 1.85 bits per heavy atom. The van der Waals surface area contributed by atoms with Crippen molar-refractivity contribution in [3.63, 3.8) is 0 Å². The van der Waals surface area contributed by atoms with Gasteiger partial charge in [-0.1, -0.05) is 12.1 Å². The Balaban J connectivity index is 1.61. The van der Waals surface area contributed by atoms with E-state index in [1.807, 2.05) is 0 Å². The molecular formula is C20H19N7O7. The molecule has 0 saturated carbocycles. The van der Waals surface area contributed by atoms with Crippen LogP contribution < -0.4 is 15.4 Å². The Hall–Kier alpha value is -4.88. The number of nitrogens with one attached hydrogen (secondary N) is 2. The first-order valence-electron chi connectivity index (χ1n) is 9.85. The molecule has 0 bridgehead atoms. The first kappa shape index (κ1) is 23.8. The molecule has 1 aromatic heterocycles. The van der Waals surface area contributed by atoms with Crippen LogP contribution in [-0.4, -0.2) is 56.1 Å². The molecule has 1 heterocycles. The van der Waals surface area contributed by atoms with Gasteiger partial charge in [0.05, 0.1) is 28.8 Å². The number of carbonyl (C=O) groups excluding carboxylic acids is 3. The number of nitrogens with zero attached hydrogens (tertiary/aromatic N) is 5. The van der Waals surface area contributed by atoms with Gasteiger partial charge in [0.15, 0.2) is 6.61 Å². The molecule has 0 spiro atoms. The van der Waals surface area contributed by atoms with Gasteiger partial charge in [0.1, 0.15) is 24.3 Å². The molecule has 34 heavy (non-hydrogen) atoms. The van der Waals surface area contributed by atoms with Crippen molar-refractivity contribution in [1.29, 1.82) is 0 Å². The predicted octanol–water partition coefficient (Wildman–Crippen LogP) is 1.41. The zero-order valence-electron chi connectivity index (χ0n) is 17.8. The molecule has 14 nitrogen and oxygen atoms in total. The van der Waals surface area contributed by atoms with Crippen LogP contribution in [0.15, 0.2) is 48.8 Å². The van der Waals surface area contributed by atoms with Gasteiger partial charge in [-0.3, -0.25) is 19.7 Å². The first-order valence-corrected chi connectivity index (χ1v) is 9.85. The van der Waals surface area contributed by atoms with E-state index in [-0.39, 0.29) is 34.9 Å². The average Bonchev–Trinajstić information content (AvgIpc) is 3.31. The van der Waals surface area contributed by atoms with Crippen LogP contribution in [0, 0.1) is 10.1 Å². The molecule has 3 aromatic rings. The fourth-order valence-electron chi connectivity index (χ4n) is 2.78. The number of aromatic nitrogens is 4. The Kier molecular flexibility index (Phi) is 7.78. The van der Waals surface area contributed by atoms with E-state index in [1.165, 1.54) is 41.3 Å². The summed E-state index contributed by atoms with van der Waals surface area (Å²) in [7, 11) is 0. The minimum atomic E-state index is -0.880. The monoisotopic (exact) mass is 469 g/mol. The highest BCUT2D eigenvalue weighted by molar-refractivity contribution is 6.02. The van der Waals surface area contributed by atoms with Crippen LogP contribution in [0.4, 0.5) is 17.1 Å². The van der Waals surface area contributed by atoms with Crippen molar-refractivity contribution in [3.8, 4) is 5.75 Å². The summed E-state index contributed by atoms with van der Waals surface area (Å²) < 4.78 is 11.4. The smallest absolute Gasteiger partial charge is 0.340 e. The number of ether oxygens (including phenoxy) is 2. The summed E-state index contributed by atoms with van der Waals surface area (Å²) in [4.78, 5) is 47.5. The molecule has 0 atom stereocenters. The molecular weight excluding hydrogens is 450 g/mol. The van der Waals surface area contributed by atoms with E-state index in [9.17, 15) is 24.5 Å². The number of esters is 1. The Bertz CT molecular complexity index is 1200. The van der Waals surface area contributed by atoms with E-state index in [0.717, 1.165) is 0 Å². The summed E-state index contributed by atoms with van der Waals surface area (Å²) in [6, 6.07) is 10.0. The van der Waals surface area contributed by atoms with Gasteiger partial charge in [0, 0.05) is 0 Å². The van der Waals surface area contributed by atoms with Crippen molar-refractivity contribution in [2.45, 2.75) is 13.5 Å². The quantitative estimate of drug-likeness (QED) is 0.250. The van der Waals surface area contributed by atoms with Crippen molar-refractivity contribution < 1.29 is 28.8 Å². The highest BCUT2D eigenvalue weighted by Gasteiger charge is 2.20. The third kappa shape index (κ3) is 6.32. The first-order chi connectivity index (χ1) is 16.4. The lowest BCUT2D eigenvalue weighted by molar-refractivity contribution is -0.384. The minimum absolute atomic E-state index is 0.00686. The molecule has 0 saturated heterocycles. The largest absolute Gasteiger partial charge is 0.494 e. The number of rotatable bonds is 10. The van der Waals surface area contributed by atoms with E-state index in [0.29, 0.717) is 6.61 Å². The van der Waals surface area contributed by atoms with Crippen LogP contribution >= 0.6 is 0 Å². The summed E-state index contributed by atoms with van der Waals surface area (Å²) in [5.74, 6) is -1.89. The normalized spacial score (nSPS) is 10.3. The molecule has 3 rings (SSSR count). The number of hydrogen-bond donors (Lipinski definition) is 2. The van der Waals surface area contributed by atoms with Gasteiger partial charge in [0.25, 0.3) is 11.6 Å². The van der Waals surface area contributed by atoms with Gasteiger partial charge in [0.2, 0.25) is 5.91 Å². The number of para-hydroxylation sites is 1. The van der Waals surface area contributed by atoms with Crippen LogP contribution in [0.2, 0.25) is 0 Å². The van der Waals surface area contributed by atoms with Crippen LogP contribution in [-0.2, 0) is 20.9 Å². The molecule has 0 radical (unpaired) electrons. The lowest BCUT2D eigenvalue weighted by atomic mass is 10.2. The second kappa shape index (κ2) is 11.1. The summed E-state index contributed by atoms with van der Waals surface area (Å²) >= 11 is 0. The number of tetrazole rings is 1. The Morgan fingerprint density at radius 3 is 2.56 bits per heavy atom. The zero-order valence-corrected chi connectivity index (χ0v) is 17.8. The average molecular weight is 469 g/mol. The van der Waals surface area contributed by atoms with E-state index in [2.05, 4.69) is 26.2 Å². The fraction of sp³-hybridized carbons (Fsp3) is 0.200. The van der Waals surface area contributed by atoms with Gasteiger partial charge in [-0.15, -0.1) is 5.10 Å². The van der Waals surface area contributed by atoms with Crippen molar-refractivity contribution >= 4 is 34.8 Å². The minimum Gasteiger partial charge on any atom is -0.494 e. The molecule has 2 aromatic carbocycles. The van der Waals surface area contributed by atoms with Crippen LogP contribution in [0.3, 0.4) is 0 Å². The van der Waals surface area contributed by atoms with Crippen molar-refractivity contribution in [2.24, 2.45) is 0 Å². The summed E-state index contributed by atoms with van der Waals surface area (Å²) in [6.07, 6.45) is 1.26. The molecule has 0 fully saturated rings. The molecule has 0 aliphatic rings. The Morgan fingerprint density at radius 1 is 1.09 bits per heavy atom. The van der Waals surface area contributed by atoms with Crippen molar-refractivity contribution in [3.05, 3.63) is 64.5 Å². The highest BCUT2D eigenvalue weighted by atomic mass is 16.6. The SMILES string of the molecule is CCOc1ccc(NC(=O)COC(=O)c2ccccc2NC(=O)Cn2cnnn2)c([N+](=O)[O-])c1. The summed E-state index contributed by atoms with van der Waals surface area (Å²) in [5.41, 5.74) is -0.286. The van der Waals surface area contributed by atoms with Gasteiger partial charge < -0.3 is 20.1 Å². The summed E-state index contributed by atoms with van der Waals surface area (Å²) in [6.45, 7) is 1.15. The Labute approximate surface area is 192 Å². The molecule has 0 aliphatic carbocycles. The van der Waals surface area contributed by atoms with E-state index >= 15 is 0 Å². The maximum atomic E-state index is 12.5. The number of anilines is 2. The number of hydrogen-bond acceptors (Lipinski definition) is 10. The number of carbonyl (C=O) groups is 3. The zero-order chi connectivity index (χ0) is 24.5. The number of amides is 2. The third-order valence-corrected chi connectivity index (χ3v) is 4.20. The maximum Gasteiger partial charge on any atom is 0.340 e. The highest BCUT2D eigenvalue weighted by Crippen LogP contribution is 2.29. The van der Waals surface area contributed by atoms with E-state index in [1.54, 1.807) is 19.1 Å². The van der Waals surface area contributed by atoms with Gasteiger partial charge in [-0.25, -0.2) is 9.48 Å². The lowest BCUT2D eigenvalue weighted by Crippen LogP contribution is -2.23. The molecule has 2 N–H and O–H groups in total. The molecule has 176 valence electrons. The topological polar surface area (TPSA) is 180 Å². The maximum absolute atomic E-state index is 12.5. The molecule has 0 aliphatic heterocycles. The standard InChI is InChI=1S/C20H19N7O7/c1-2-33-13-7-8-16(17(9-13)27(31)32)23-19(29)11-34-20(30)14-5-3-4-6-15(14)22-18(28)10-26-12-21-24-25-26/h3-9,12H,2,10-11H2,1H3,(H,22,28)(H,23,29). The number of nitro groups is 1. The van der Waals surface area contributed by atoms with Crippen molar-refractivity contribution in [2.75, 3.05) is 23.8 Å². The molecule has 14 heteroatoms. The van der Waals surface area contributed by atoms with Gasteiger partial charge in [-0.05, 0) is 41.6 Å². The number of nitro benzene ring substituents is 1. The number of benzene rings is 2. The molecule has 0 unspecified atom stereocenters. The molecule has 2 amide bonds. The van der Waals surface area contributed by atoms with Crippen molar-refractivity contribution in [1.82, 2.24) is 20.2 Å². The fourth-order valence-corrected chi connectivity index (χ4v) is 2.78. The van der Waals surface area contributed by atoms with Crippen LogP contribution in [0.5, 0.6) is 5.75 Å². The van der Waals surface area contributed by atoms with E-state index < -0.39 is 29.3 Å². The van der Waals surface area contributed by atoms with E-state index in [4.69, 9.17) is 9.47 Å². The van der Waals surface area contributed by atoms with Gasteiger partial charge >= 0.3 is 5.97 Å². The predicted molar refractivity (Wildman–Crippen MR) is 116 cm³/mol. The summed E-state index contributed by atoms with van der Waals surface area (Å²) in [5, 5.41) is 26.6. The lowest BCUT2D eigenvalue weighted by Gasteiger charge is -2.11. The van der Waals surface area contributed by atoms with Gasteiger partial charge in [-0.2, -0.15) is 0 Å². The third-order valence-electron chi connectivity index (χ3n) is 4.20. The second-order valence-corrected chi connectivity index (χ2v) is 6.59. The van der Waals surface area contributed by atoms with Crippen LogP contribution in [0.25, 0.3) is 0 Å².